The smallest absolute Gasteiger partial charge is 0.189 e. The van der Waals surface area contributed by atoms with Crippen LogP contribution in [-0.4, -0.2) is 36.0 Å². The molecule has 0 saturated carbocycles. The van der Waals surface area contributed by atoms with E-state index in [2.05, 4.69) is 0 Å². The fourth-order valence-corrected chi connectivity index (χ4v) is 3.62. The molecule has 0 saturated heterocycles. The first kappa shape index (κ1) is 18.1. The second-order valence-electron chi connectivity index (χ2n) is 6.80. The van der Waals surface area contributed by atoms with Gasteiger partial charge in [0.15, 0.2) is 11.6 Å². The van der Waals surface area contributed by atoms with Crippen molar-refractivity contribution < 1.29 is 19.7 Å². The highest BCUT2D eigenvalue weighted by Crippen LogP contribution is 2.40. The standard InChI is InChI=1S/C19H28O4/c1-12-8-18(20,22-5)9-13(2)16(12)7-17-14(3)10-19(21,23-6)11-15(17)4/h8,10,20-21H,7,9,11H2,1-6H3. The van der Waals surface area contributed by atoms with E-state index in [-0.39, 0.29) is 0 Å². The van der Waals surface area contributed by atoms with Crippen molar-refractivity contribution in [3.05, 3.63) is 45.6 Å². The largest absolute Gasteiger partial charge is 0.362 e. The Balaban J connectivity index is 2.30. The van der Waals surface area contributed by atoms with Crippen LogP contribution in [0.25, 0.3) is 0 Å². The van der Waals surface area contributed by atoms with Gasteiger partial charge in [-0.3, -0.25) is 0 Å². The van der Waals surface area contributed by atoms with Crippen molar-refractivity contribution >= 4 is 0 Å². The van der Waals surface area contributed by atoms with E-state index in [1.54, 1.807) is 12.2 Å². The third-order valence-electron chi connectivity index (χ3n) is 4.96. The average molecular weight is 320 g/mol. The molecule has 0 heterocycles. The zero-order valence-electron chi connectivity index (χ0n) is 15.0. The maximum absolute atomic E-state index is 10.3. The van der Waals surface area contributed by atoms with Crippen LogP contribution in [0.2, 0.25) is 0 Å². The molecule has 2 unspecified atom stereocenters. The minimum Gasteiger partial charge on any atom is -0.362 e. The molecule has 0 aromatic rings. The summed E-state index contributed by atoms with van der Waals surface area (Å²) in [5.41, 5.74) is 6.82. The van der Waals surface area contributed by atoms with Gasteiger partial charge in [0.1, 0.15) is 0 Å². The number of allylic oxidation sites excluding steroid dienone is 4. The molecule has 0 amide bonds. The van der Waals surface area contributed by atoms with Crippen LogP contribution in [0, 0.1) is 0 Å². The molecule has 2 rings (SSSR count). The van der Waals surface area contributed by atoms with Gasteiger partial charge in [-0.2, -0.15) is 0 Å². The van der Waals surface area contributed by atoms with Crippen molar-refractivity contribution in [3.8, 4) is 0 Å². The van der Waals surface area contributed by atoms with Gasteiger partial charge < -0.3 is 19.7 Å². The molecule has 2 atom stereocenters. The molecule has 0 radical (unpaired) electrons. The molecule has 0 aliphatic heterocycles. The zero-order chi connectivity index (χ0) is 17.4. The number of rotatable bonds is 4. The van der Waals surface area contributed by atoms with Crippen molar-refractivity contribution in [2.75, 3.05) is 14.2 Å². The highest BCUT2D eigenvalue weighted by atomic mass is 16.6. The molecular weight excluding hydrogens is 292 g/mol. The predicted octanol–water partition coefficient (Wildman–Crippen LogP) is 3.38. The summed E-state index contributed by atoms with van der Waals surface area (Å²) in [5, 5.41) is 20.7. The Hall–Kier alpha value is -1.20. The highest BCUT2D eigenvalue weighted by Gasteiger charge is 2.33. The third kappa shape index (κ3) is 3.66. The van der Waals surface area contributed by atoms with E-state index >= 15 is 0 Å². The fraction of sp³-hybridized carbons (Fsp3) is 0.579. The van der Waals surface area contributed by atoms with Gasteiger partial charge in [0, 0.05) is 27.1 Å². The second-order valence-corrected chi connectivity index (χ2v) is 6.80. The van der Waals surface area contributed by atoms with E-state index in [1.165, 1.54) is 25.4 Å². The molecular formula is C19H28O4. The first-order valence-electron chi connectivity index (χ1n) is 7.95. The van der Waals surface area contributed by atoms with Crippen LogP contribution < -0.4 is 0 Å². The summed E-state index contributed by atoms with van der Waals surface area (Å²) in [6.45, 7) is 8.09. The van der Waals surface area contributed by atoms with Crippen LogP contribution in [-0.2, 0) is 9.47 Å². The minimum atomic E-state index is -1.20. The number of hydrogen-bond acceptors (Lipinski definition) is 4. The van der Waals surface area contributed by atoms with Gasteiger partial charge in [-0.25, -0.2) is 0 Å². The first-order valence-corrected chi connectivity index (χ1v) is 7.95. The Morgan fingerprint density at radius 2 is 1.17 bits per heavy atom. The summed E-state index contributed by atoms with van der Waals surface area (Å²) < 4.78 is 10.4. The summed E-state index contributed by atoms with van der Waals surface area (Å²) >= 11 is 0. The Bertz CT molecular complexity index is 569. The molecule has 0 aromatic heterocycles. The Labute approximate surface area is 138 Å². The van der Waals surface area contributed by atoms with Crippen LogP contribution in [0.3, 0.4) is 0 Å². The number of aliphatic hydroxyl groups is 2. The first-order chi connectivity index (χ1) is 10.6. The number of methoxy groups -OCH3 is 2. The van der Waals surface area contributed by atoms with Crippen molar-refractivity contribution in [3.63, 3.8) is 0 Å². The van der Waals surface area contributed by atoms with Gasteiger partial charge in [0.25, 0.3) is 0 Å². The molecule has 23 heavy (non-hydrogen) atoms. The lowest BCUT2D eigenvalue weighted by atomic mass is 9.80. The molecule has 0 fully saturated rings. The van der Waals surface area contributed by atoms with Crippen molar-refractivity contribution in [1.29, 1.82) is 0 Å². The third-order valence-corrected chi connectivity index (χ3v) is 4.96. The van der Waals surface area contributed by atoms with Crippen LogP contribution in [0.15, 0.2) is 45.6 Å². The van der Waals surface area contributed by atoms with E-state index < -0.39 is 11.6 Å². The molecule has 0 aromatic carbocycles. The monoisotopic (exact) mass is 320 g/mol. The Morgan fingerprint density at radius 3 is 1.43 bits per heavy atom. The van der Waals surface area contributed by atoms with Crippen LogP contribution >= 0.6 is 0 Å². The predicted molar refractivity (Wildman–Crippen MR) is 90.7 cm³/mol. The summed E-state index contributed by atoms with van der Waals surface area (Å²) in [7, 11) is 3.04. The lowest BCUT2D eigenvalue weighted by Gasteiger charge is -2.33. The molecule has 2 N–H and O–H groups in total. The summed E-state index contributed by atoms with van der Waals surface area (Å²) in [4.78, 5) is 0. The van der Waals surface area contributed by atoms with E-state index in [0.29, 0.717) is 12.8 Å². The van der Waals surface area contributed by atoms with E-state index in [0.717, 1.165) is 28.7 Å². The van der Waals surface area contributed by atoms with Crippen molar-refractivity contribution in [2.24, 2.45) is 0 Å². The Morgan fingerprint density at radius 1 is 0.826 bits per heavy atom. The average Bonchev–Trinajstić information content (AvgIpc) is 2.45. The summed E-state index contributed by atoms with van der Waals surface area (Å²) in [6.07, 6.45) is 5.33. The molecule has 2 aliphatic carbocycles. The quantitative estimate of drug-likeness (QED) is 0.780. The minimum absolute atomic E-state index is 0.479. The zero-order valence-corrected chi connectivity index (χ0v) is 15.0. The maximum atomic E-state index is 10.3. The molecule has 128 valence electrons. The number of hydrogen-bond donors (Lipinski definition) is 2. The molecule has 4 heteroatoms. The molecule has 4 nitrogen and oxygen atoms in total. The summed E-state index contributed by atoms with van der Waals surface area (Å²) in [5.74, 6) is -2.40. The van der Waals surface area contributed by atoms with Crippen molar-refractivity contribution in [2.45, 2.75) is 58.5 Å². The van der Waals surface area contributed by atoms with E-state index in [1.807, 2.05) is 27.7 Å². The van der Waals surface area contributed by atoms with Gasteiger partial charge in [-0.05, 0) is 68.6 Å². The van der Waals surface area contributed by atoms with Crippen LogP contribution in [0.4, 0.5) is 0 Å². The van der Waals surface area contributed by atoms with Crippen molar-refractivity contribution in [1.82, 2.24) is 0 Å². The molecule has 2 aliphatic rings. The van der Waals surface area contributed by atoms with Gasteiger partial charge in [0.05, 0.1) is 0 Å². The van der Waals surface area contributed by atoms with Gasteiger partial charge >= 0.3 is 0 Å². The topological polar surface area (TPSA) is 58.9 Å². The lowest BCUT2D eigenvalue weighted by molar-refractivity contribution is -0.146. The van der Waals surface area contributed by atoms with Gasteiger partial charge in [-0.15, -0.1) is 0 Å². The molecule has 0 spiro atoms. The van der Waals surface area contributed by atoms with Crippen LogP contribution in [0.5, 0.6) is 0 Å². The SMILES string of the molecule is COC1(O)C=C(C)C(CC2=C(C)CC(O)(OC)C=C2C)=C(C)C1. The van der Waals surface area contributed by atoms with E-state index in [9.17, 15) is 10.2 Å². The summed E-state index contributed by atoms with van der Waals surface area (Å²) in [6, 6.07) is 0. The lowest BCUT2D eigenvalue weighted by Crippen LogP contribution is -2.33. The van der Waals surface area contributed by atoms with Gasteiger partial charge in [-0.1, -0.05) is 11.1 Å². The highest BCUT2D eigenvalue weighted by molar-refractivity contribution is 5.48. The fourth-order valence-electron chi connectivity index (χ4n) is 3.62. The maximum Gasteiger partial charge on any atom is 0.189 e. The van der Waals surface area contributed by atoms with E-state index in [4.69, 9.17) is 9.47 Å². The van der Waals surface area contributed by atoms with Crippen LogP contribution in [0.1, 0.15) is 47.0 Å². The van der Waals surface area contributed by atoms with Gasteiger partial charge in [0.2, 0.25) is 0 Å². The molecule has 0 bridgehead atoms. The second kappa shape index (κ2) is 6.36. The number of ether oxygens (including phenoxy) is 2. The normalized spacial score (nSPS) is 32.2. The Kier molecular flexibility index (Phi) is 5.02.